The third kappa shape index (κ3) is 2.57. The van der Waals surface area contributed by atoms with Crippen molar-refractivity contribution in [1.82, 2.24) is 5.43 Å². The first-order valence-electron chi connectivity index (χ1n) is 7.01. The highest BCUT2D eigenvalue weighted by Gasteiger charge is 2.42. The fourth-order valence-electron chi connectivity index (χ4n) is 3.17. The van der Waals surface area contributed by atoms with Crippen LogP contribution in [-0.2, 0) is 4.74 Å². The van der Waals surface area contributed by atoms with Crippen molar-refractivity contribution in [3.63, 3.8) is 0 Å². The molecule has 3 nitrogen and oxygen atoms in total. The van der Waals surface area contributed by atoms with Gasteiger partial charge in [0.1, 0.15) is 0 Å². The van der Waals surface area contributed by atoms with Gasteiger partial charge in [-0.2, -0.15) is 0 Å². The zero-order chi connectivity index (χ0) is 14.8. The predicted octanol–water partition coefficient (Wildman–Crippen LogP) is 3.13. The van der Waals surface area contributed by atoms with Crippen molar-refractivity contribution in [3.05, 3.63) is 34.9 Å². The van der Waals surface area contributed by atoms with Crippen molar-refractivity contribution in [2.24, 2.45) is 5.84 Å². The Morgan fingerprint density at radius 1 is 1.20 bits per heavy atom. The lowest BCUT2D eigenvalue weighted by Crippen LogP contribution is -2.49. The van der Waals surface area contributed by atoms with Gasteiger partial charge >= 0.3 is 0 Å². The molecule has 2 rings (SSSR count). The summed E-state index contributed by atoms with van der Waals surface area (Å²) in [6.07, 6.45) is 4.71. The van der Waals surface area contributed by atoms with Gasteiger partial charge in [-0.05, 0) is 25.3 Å². The third-order valence-corrected chi connectivity index (χ3v) is 4.42. The van der Waals surface area contributed by atoms with Gasteiger partial charge in [-0.1, -0.05) is 31.4 Å². The van der Waals surface area contributed by atoms with Crippen LogP contribution in [0.1, 0.15) is 49.3 Å². The Bertz CT molecular complexity index is 473. The Balaban J connectivity index is 2.43. The first-order valence-corrected chi connectivity index (χ1v) is 7.01. The Kier molecular flexibility index (Phi) is 4.73. The van der Waals surface area contributed by atoms with E-state index in [0.29, 0.717) is 0 Å². The van der Waals surface area contributed by atoms with E-state index in [2.05, 4.69) is 5.43 Å². The summed E-state index contributed by atoms with van der Waals surface area (Å²) in [4.78, 5) is 0. The molecular weight excluding hydrogens is 262 g/mol. The van der Waals surface area contributed by atoms with E-state index >= 15 is 0 Å². The highest BCUT2D eigenvalue weighted by molar-refractivity contribution is 5.30. The molecule has 0 aromatic heterocycles. The maximum absolute atomic E-state index is 14.2. The number of halogens is 2. The minimum absolute atomic E-state index is 0.236. The number of hydrogen-bond donors (Lipinski definition) is 2. The van der Waals surface area contributed by atoms with Crippen molar-refractivity contribution in [2.75, 3.05) is 7.11 Å². The Labute approximate surface area is 118 Å². The number of nitrogens with two attached hydrogens (primary N) is 1. The van der Waals surface area contributed by atoms with Gasteiger partial charge in [-0.15, -0.1) is 0 Å². The molecule has 0 aliphatic heterocycles. The molecule has 20 heavy (non-hydrogen) atoms. The highest BCUT2D eigenvalue weighted by Crippen LogP contribution is 2.41. The van der Waals surface area contributed by atoms with E-state index in [4.69, 9.17) is 10.6 Å². The van der Waals surface area contributed by atoms with Gasteiger partial charge in [-0.25, -0.2) is 14.2 Å². The lowest BCUT2D eigenvalue weighted by atomic mass is 9.76. The summed E-state index contributed by atoms with van der Waals surface area (Å²) in [6.45, 7) is 1.54. The number of methoxy groups -OCH3 is 1. The smallest absolute Gasteiger partial charge is 0.164 e. The number of rotatable bonds is 4. The zero-order valence-electron chi connectivity index (χ0n) is 12.0. The second kappa shape index (κ2) is 6.16. The summed E-state index contributed by atoms with van der Waals surface area (Å²) in [5.41, 5.74) is 2.59. The molecule has 1 saturated carbocycles. The Hall–Kier alpha value is -1.04. The van der Waals surface area contributed by atoms with Crippen LogP contribution in [0.4, 0.5) is 8.78 Å². The first-order chi connectivity index (χ1) is 9.55. The summed E-state index contributed by atoms with van der Waals surface area (Å²) in [5, 5.41) is 0. The Morgan fingerprint density at radius 3 is 2.40 bits per heavy atom. The van der Waals surface area contributed by atoms with E-state index in [1.807, 2.05) is 0 Å². The predicted molar refractivity (Wildman–Crippen MR) is 74.0 cm³/mol. The average molecular weight is 284 g/mol. The molecule has 3 N–H and O–H groups in total. The molecule has 1 aromatic carbocycles. The number of aryl methyl sites for hydroxylation is 1. The van der Waals surface area contributed by atoms with Gasteiger partial charge < -0.3 is 4.74 Å². The van der Waals surface area contributed by atoms with Crippen molar-refractivity contribution in [3.8, 4) is 0 Å². The summed E-state index contributed by atoms with van der Waals surface area (Å²) in [6, 6.07) is 2.61. The summed E-state index contributed by atoms with van der Waals surface area (Å²) < 4.78 is 33.7. The van der Waals surface area contributed by atoms with E-state index in [1.165, 1.54) is 0 Å². The molecular formula is C15H22F2N2O. The second-order valence-corrected chi connectivity index (χ2v) is 5.53. The highest BCUT2D eigenvalue weighted by atomic mass is 19.2. The summed E-state index contributed by atoms with van der Waals surface area (Å²) in [7, 11) is 1.61. The van der Waals surface area contributed by atoms with Crippen LogP contribution in [0.25, 0.3) is 0 Å². The molecule has 1 aromatic rings. The fourth-order valence-corrected chi connectivity index (χ4v) is 3.17. The SMILES string of the molecule is COC1(C(NN)c2ccc(C)c(F)c2F)CCCCC1. The summed E-state index contributed by atoms with van der Waals surface area (Å²) in [5.74, 6) is 3.98. The van der Waals surface area contributed by atoms with Gasteiger partial charge in [-0.3, -0.25) is 5.84 Å². The molecule has 5 heteroatoms. The van der Waals surface area contributed by atoms with Crippen LogP contribution in [0, 0.1) is 18.6 Å². The van der Waals surface area contributed by atoms with E-state index in [1.54, 1.807) is 26.2 Å². The van der Waals surface area contributed by atoms with Crippen LogP contribution < -0.4 is 11.3 Å². The van der Waals surface area contributed by atoms with Crippen molar-refractivity contribution >= 4 is 0 Å². The lowest BCUT2D eigenvalue weighted by Gasteiger charge is -2.42. The van der Waals surface area contributed by atoms with Crippen LogP contribution in [0.5, 0.6) is 0 Å². The molecule has 112 valence electrons. The zero-order valence-corrected chi connectivity index (χ0v) is 12.0. The molecule has 0 saturated heterocycles. The van der Waals surface area contributed by atoms with E-state index in [0.717, 1.165) is 32.1 Å². The monoisotopic (exact) mass is 284 g/mol. The largest absolute Gasteiger partial charge is 0.376 e. The van der Waals surface area contributed by atoms with Gasteiger partial charge in [0.25, 0.3) is 0 Å². The summed E-state index contributed by atoms with van der Waals surface area (Å²) >= 11 is 0. The van der Waals surface area contributed by atoms with Gasteiger partial charge in [0.05, 0.1) is 11.6 Å². The maximum atomic E-state index is 14.2. The molecule has 0 amide bonds. The standard InChI is InChI=1S/C15H22F2N2O/c1-10-6-7-11(13(17)12(10)16)14(19-18)15(20-2)8-4-3-5-9-15/h6-7,14,19H,3-5,8-9,18H2,1-2H3. The Morgan fingerprint density at radius 2 is 1.85 bits per heavy atom. The first kappa shape index (κ1) is 15.4. The number of benzene rings is 1. The van der Waals surface area contributed by atoms with Crippen molar-refractivity contribution in [1.29, 1.82) is 0 Å². The molecule has 1 fully saturated rings. The van der Waals surface area contributed by atoms with Crippen LogP contribution in [-0.4, -0.2) is 12.7 Å². The van der Waals surface area contributed by atoms with Crippen molar-refractivity contribution < 1.29 is 13.5 Å². The number of hydrazine groups is 1. The molecule has 0 spiro atoms. The fraction of sp³-hybridized carbons (Fsp3) is 0.600. The van der Waals surface area contributed by atoms with Crippen LogP contribution >= 0.6 is 0 Å². The minimum Gasteiger partial charge on any atom is -0.376 e. The molecule has 0 bridgehead atoms. The average Bonchev–Trinajstić information content (AvgIpc) is 2.49. The number of nitrogens with one attached hydrogen (secondary N) is 1. The van der Waals surface area contributed by atoms with E-state index in [9.17, 15) is 8.78 Å². The van der Waals surface area contributed by atoms with Crippen LogP contribution in [0.2, 0.25) is 0 Å². The lowest BCUT2D eigenvalue weighted by molar-refractivity contribution is -0.0697. The minimum atomic E-state index is -0.838. The number of hydrogen-bond acceptors (Lipinski definition) is 3. The second-order valence-electron chi connectivity index (χ2n) is 5.53. The van der Waals surface area contributed by atoms with Gasteiger partial charge in [0.15, 0.2) is 11.6 Å². The molecule has 1 atom stereocenters. The molecule has 1 unspecified atom stereocenters. The van der Waals surface area contributed by atoms with Crippen LogP contribution in [0.3, 0.4) is 0 Å². The van der Waals surface area contributed by atoms with Gasteiger partial charge in [0, 0.05) is 12.7 Å². The topological polar surface area (TPSA) is 47.3 Å². The molecule has 1 aliphatic carbocycles. The normalized spacial score (nSPS) is 19.9. The third-order valence-electron chi connectivity index (χ3n) is 4.42. The number of ether oxygens (including phenoxy) is 1. The van der Waals surface area contributed by atoms with Gasteiger partial charge in [0.2, 0.25) is 0 Å². The van der Waals surface area contributed by atoms with E-state index < -0.39 is 23.3 Å². The molecule has 0 radical (unpaired) electrons. The van der Waals surface area contributed by atoms with E-state index in [-0.39, 0.29) is 11.1 Å². The maximum Gasteiger partial charge on any atom is 0.164 e. The molecule has 1 aliphatic rings. The quantitative estimate of drug-likeness (QED) is 0.659. The van der Waals surface area contributed by atoms with Crippen molar-refractivity contribution in [2.45, 2.75) is 50.7 Å². The van der Waals surface area contributed by atoms with Crippen LogP contribution in [0.15, 0.2) is 12.1 Å². The molecule has 0 heterocycles.